The van der Waals surface area contributed by atoms with E-state index >= 15 is 0 Å². The molecule has 0 unspecified atom stereocenters. The summed E-state index contributed by atoms with van der Waals surface area (Å²) in [7, 11) is 0. The predicted molar refractivity (Wildman–Crippen MR) is 70.9 cm³/mol. The average molecular weight is 238 g/mol. The van der Waals surface area contributed by atoms with Crippen LogP contribution >= 0.6 is 12.4 Å². The Morgan fingerprint density at radius 3 is 2.69 bits per heavy atom. The third-order valence-corrected chi connectivity index (χ3v) is 2.64. The second-order valence-corrected chi connectivity index (χ2v) is 3.67. The number of aryl methyl sites for hydroxylation is 2. The van der Waals surface area contributed by atoms with Gasteiger partial charge in [0.05, 0.1) is 5.52 Å². The van der Waals surface area contributed by atoms with E-state index in [1.807, 2.05) is 12.1 Å². The van der Waals surface area contributed by atoms with Crippen molar-refractivity contribution in [3.05, 3.63) is 35.4 Å². The monoisotopic (exact) mass is 237 g/mol. The van der Waals surface area contributed by atoms with Crippen LogP contribution in [0.15, 0.2) is 24.3 Å². The molecule has 0 radical (unpaired) electrons. The number of nitrogen functional groups attached to an aromatic ring is 1. The van der Waals surface area contributed by atoms with Crippen molar-refractivity contribution in [2.45, 2.75) is 20.3 Å². The zero-order chi connectivity index (χ0) is 10.8. The number of anilines is 1. The standard InChI is InChI=1S/C12H15N3.ClH/c1-3-9-4-5-11-10(7-9)8(2)6-12(14-11)15-13;/h4-7H,3,13H2,1-2H3,(H,14,15);1H. The lowest BCUT2D eigenvalue weighted by molar-refractivity contribution is 1.14. The molecule has 16 heavy (non-hydrogen) atoms. The molecule has 2 aromatic rings. The first kappa shape index (κ1) is 12.7. The molecule has 1 aromatic carbocycles. The summed E-state index contributed by atoms with van der Waals surface area (Å²) in [4.78, 5) is 4.39. The van der Waals surface area contributed by atoms with E-state index in [2.05, 4.69) is 36.4 Å². The van der Waals surface area contributed by atoms with E-state index in [0.29, 0.717) is 5.82 Å². The lowest BCUT2D eigenvalue weighted by Gasteiger charge is -2.07. The number of hydrazine groups is 1. The van der Waals surface area contributed by atoms with Gasteiger partial charge in [0.1, 0.15) is 5.82 Å². The fraction of sp³-hybridized carbons (Fsp3) is 0.250. The summed E-state index contributed by atoms with van der Waals surface area (Å²) < 4.78 is 0. The Kier molecular flexibility index (Phi) is 4.10. The van der Waals surface area contributed by atoms with Crippen LogP contribution in [0.4, 0.5) is 5.82 Å². The fourth-order valence-corrected chi connectivity index (χ4v) is 1.74. The maximum absolute atomic E-state index is 5.35. The van der Waals surface area contributed by atoms with Crippen LogP contribution in [0.1, 0.15) is 18.1 Å². The highest BCUT2D eigenvalue weighted by Crippen LogP contribution is 2.21. The van der Waals surface area contributed by atoms with Crippen molar-refractivity contribution in [2.24, 2.45) is 5.84 Å². The zero-order valence-electron chi connectivity index (χ0n) is 9.45. The normalized spacial score (nSPS) is 9.94. The Morgan fingerprint density at radius 1 is 1.31 bits per heavy atom. The van der Waals surface area contributed by atoms with Gasteiger partial charge in [-0.3, -0.25) is 0 Å². The minimum Gasteiger partial charge on any atom is -0.308 e. The van der Waals surface area contributed by atoms with Gasteiger partial charge in [0.25, 0.3) is 0 Å². The first-order valence-corrected chi connectivity index (χ1v) is 5.11. The molecule has 1 aromatic heterocycles. The van der Waals surface area contributed by atoms with Gasteiger partial charge < -0.3 is 5.43 Å². The Labute approximate surface area is 101 Å². The van der Waals surface area contributed by atoms with Crippen LogP contribution in [0.25, 0.3) is 10.9 Å². The van der Waals surface area contributed by atoms with Crippen LogP contribution in [0, 0.1) is 6.92 Å². The number of hydrogen-bond acceptors (Lipinski definition) is 3. The molecule has 0 saturated heterocycles. The molecule has 0 bridgehead atoms. The number of benzene rings is 1. The highest BCUT2D eigenvalue weighted by Gasteiger charge is 2.02. The number of nitrogens with two attached hydrogens (primary N) is 1. The minimum absolute atomic E-state index is 0. The van der Waals surface area contributed by atoms with E-state index in [-0.39, 0.29) is 12.4 Å². The topological polar surface area (TPSA) is 50.9 Å². The SMILES string of the molecule is CCc1ccc2nc(NN)cc(C)c2c1.Cl. The molecule has 2 rings (SSSR count). The molecule has 0 aliphatic heterocycles. The summed E-state index contributed by atoms with van der Waals surface area (Å²) in [5.74, 6) is 6.07. The van der Waals surface area contributed by atoms with E-state index in [4.69, 9.17) is 5.84 Å². The van der Waals surface area contributed by atoms with Gasteiger partial charge in [-0.1, -0.05) is 13.0 Å². The second kappa shape index (κ2) is 5.14. The van der Waals surface area contributed by atoms with Gasteiger partial charge in [0, 0.05) is 5.39 Å². The molecule has 0 saturated carbocycles. The number of pyridine rings is 1. The molecule has 3 nitrogen and oxygen atoms in total. The van der Waals surface area contributed by atoms with Crippen molar-refractivity contribution in [3.8, 4) is 0 Å². The number of aromatic nitrogens is 1. The molecular weight excluding hydrogens is 222 g/mol. The van der Waals surface area contributed by atoms with Gasteiger partial charge >= 0.3 is 0 Å². The van der Waals surface area contributed by atoms with Crippen molar-refractivity contribution in [1.29, 1.82) is 0 Å². The number of fused-ring (bicyclic) bond motifs is 1. The van der Waals surface area contributed by atoms with Gasteiger partial charge in [0.15, 0.2) is 0 Å². The Morgan fingerprint density at radius 2 is 2.06 bits per heavy atom. The van der Waals surface area contributed by atoms with Crippen molar-refractivity contribution >= 4 is 29.1 Å². The largest absolute Gasteiger partial charge is 0.308 e. The molecule has 0 amide bonds. The molecule has 0 spiro atoms. The molecule has 0 aliphatic carbocycles. The number of rotatable bonds is 2. The Hall–Kier alpha value is -1.32. The molecule has 4 heteroatoms. The first-order valence-electron chi connectivity index (χ1n) is 5.11. The van der Waals surface area contributed by atoms with Gasteiger partial charge in [-0.25, -0.2) is 10.8 Å². The fourth-order valence-electron chi connectivity index (χ4n) is 1.74. The summed E-state index contributed by atoms with van der Waals surface area (Å²) in [5.41, 5.74) is 6.10. The highest BCUT2D eigenvalue weighted by atomic mass is 35.5. The molecule has 0 fully saturated rings. The molecule has 1 heterocycles. The second-order valence-electron chi connectivity index (χ2n) is 3.67. The van der Waals surface area contributed by atoms with Gasteiger partial charge in [0.2, 0.25) is 0 Å². The molecule has 0 aliphatic rings. The van der Waals surface area contributed by atoms with Crippen LogP contribution in [0.5, 0.6) is 0 Å². The average Bonchev–Trinajstić information content (AvgIpc) is 2.28. The number of hydrogen-bond donors (Lipinski definition) is 2. The van der Waals surface area contributed by atoms with Gasteiger partial charge in [-0.15, -0.1) is 12.4 Å². The van der Waals surface area contributed by atoms with Crippen LogP contribution in [-0.4, -0.2) is 4.98 Å². The van der Waals surface area contributed by atoms with Crippen molar-refractivity contribution in [2.75, 3.05) is 5.43 Å². The number of halogens is 1. The van der Waals surface area contributed by atoms with E-state index in [0.717, 1.165) is 11.9 Å². The number of nitrogens with one attached hydrogen (secondary N) is 1. The highest BCUT2D eigenvalue weighted by molar-refractivity contribution is 5.85. The maximum atomic E-state index is 5.35. The Balaban J connectivity index is 0.00000128. The van der Waals surface area contributed by atoms with Crippen LogP contribution < -0.4 is 11.3 Å². The number of nitrogens with zero attached hydrogens (tertiary/aromatic N) is 1. The summed E-state index contributed by atoms with van der Waals surface area (Å²) in [6, 6.07) is 8.30. The summed E-state index contributed by atoms with van der Waals surface area (Å²) in [5, 5.41) is 1.20. The minimum atomic E-state index is 0. The van der Waals surface area contributed by atoms with Crippen molar-refractivity contribution in [3.63, 3.8) is 0 Å². The molecule has 0 atom stereocenters. The van der Waals surface area contributed by atoms with E-state index in [9.17, 15) is 0 Å². The van der Waals surface area contributed by atoms with E-state index in [1.165, 1.54) is 16.5 Å². The van der Waals surface area contributed by atoms with Crippen molar-refractivity contribution < 1.29 is 0 Å². The predicted octanol–water partition coefficient (Wildman–Crippen LogP) is 2.81. The maximum Gasteiger partial charge on any atom is 0.140 e. The van der Waals surface area contributed by atoms with Crippen LogP contribution in [0.2, 0.25) is 0 Å². The van der Waals surface area contributed by atoms with Gasteiger partial charge in [-0.2, -0.15) is 0 Å². The summed E-state index contributed by atoms with van der Waals surface area (Å²) >= 11 is 0. The first-order chi connectivity index (χ1) is 7.24. The summed E-state index contributed by atoms with van der Waals surface area (Å²) in [6.45, 7) is 4.23. The Bertz CT molecular complexity index is 497. The third-order valence-electron chi connectivity index (χ3n) is 2.64. The molecule has 3 N–H and O–H groups in total. The molecule has 86 valence electrons. The van der Waals surface area contributed by atoms with Crippen molar-refractivity contribution in [1.82, 2.24) is 4.98 Å². The smallest absolute Gasteiger partial charge is 0.140 e. The lowest BCUT2D eigenvalue weighted by Crippen LogP contribution is -2.08. The van der Waals surface area contributed by atoms with E-state index in [1.54, 1.807) is 0 Å². The van der Waals surface area contributed by atoms with Gasteiger partial charge in [-0.05, 0) is 42.7 Å². The van der Waals surface area contributed by atoms with Crippen LogP contribution in [-0.2, 0) is 6.42 Å². The summed E-state index contributed by atoms with van der Waals surface area (Å²) in [6.07, 6.45) is 1.05. The van der Waals surface area contributed by atoms with E-state index < -0.39 is 0 Å². The lowest BCUT2D eigenvalue weighted by atomic mass is 10.1. The third kappa shape index (κ3) is 2.26. The quantitative estimate of drug-likeness (QED) is 0.624. The molecular formula is C12H16ClN3. The zero-order valence-corrected chi connectivity index (χ0v) is 10.3. The van der Waals surface area contributed by atoms with Crippen LogP contribution in [0.3, 0.4) is 0 Å².